The van der Waals surface area contributed by atoms with E-state index >= 15 is 0 Å². The summed E-state index contributed by atoms with van der Waals surface area (Å²) < 4.78 is 0.669. The highest BCUT2D eigenvalue weighted by atomic mass is 79.9. The van der Waals surface area contributed by atoms with Crippen LogP contribution in [-0.2, 0) is 4.79 Å². The highest BCUT2D eigenvalue weighted by Gasteiger charge is 2.10. The van der Waals surface area contributed by atoms with E-state index in [4.69, 9.17) is 16.9 Å². The minimum Gasteiger partial charge on any atom is -0.351 e. The largest absolute Gasteiger partial charge is 0.351 e. The zero-order valence-electron chi connectivity index (χ0n) is 9.70. The summed E-state index contributed by atoms with van der Waals surface area (Å²) in [6.45, 7) is 2.47. The van der Waals surface area contributed by atoms with Crippen LogP contribution in [0.25, 0.3) is 6.08 Å². The Morgan fingerprint density at radius 1 is 1.67 bits per heavy atom. The van der Waals surface area contributed by atoms with Crippen molar-refractivity contribution in [3.63, 3.8) is 0 Å². The second-order valence-electron chi connectivity index (χ2n) is 3.43. The summed E-state index contributed by atoms with van der Waals surface area (Å²) >= 11 is 9.05. The zero-order valence-corrected chi connectivity index (χ0v) is 12.0. The van der Waals surface area contributed by atoms with Gasteiger partial charge in [-0.1, -0.05) is 18.5 Å². The number of aromatic nitrogens is 1. The average Bonchev–Trinajstić information content (AvgIpc) is 2.36. The molecule has 0 aliphatic heterocycles. The first kappa shape index (κ1) is 14.7. The molecule has 0 atom stereocenters. The van der Waals surface area contributed by atoms with E-state index in [0.717, 1.165) is 6.42 Å². The first-order chi connectivity index (χ1) is 8.58. The van der Waals surface area contributed by atoms with E-state index < -0.39 is 5.91 Å². The molecule has 1 N–H and O–H groups in total. The fourth-order valence-corrected chi connectivity index (χ4v) is 1.64. The van der Waals surface area contributed by atoms with Crippen molar-refractivity contribution in [3.05, 3.63) is 33.0 Å². The first-order valence-corrected chi connectivity index (χ1v) is 6.47. The predicted molar refractivity (Wildman–Crippen MR) is 73.8 cm³/mol. The lowest BCUT2D eigenvalue weighted by Gasteiger charge is -2.02. The monoisotopic (exact) mass is 327 g/mol. The van der Waals surface area contributed by atoms with Gasteiger partial charge in [-0.25, -0.2) is 4.98 Å². The molecule has 1 amide bonds. The third-order valence-corrected chi connectivity index (χ3v) is 2.90. The van der Waals surface area contributed by atoms with Crippen molar-refractivity contribution in [1.82, 2.24) is 10.3 Å². The van der Waals surface area contributed by atoms with Gasteiger partial charge in [0, 0.05) is 11.0 Å². The summed E-state index contributed by atoms with van der Waals surface area (Å²) in [4.78, 5) is 15.7. The zero-order chi connectivity index (χ0) is 13.5. The van der Waals surface area contributed by atoms with Gasteiger partial charge in [0.15, 0.2) is 0 Å². The van der Waals surface area contributed by atoms with E-state index in [9.17, 15) is 4.79 Å². The molecule has 0 radical (unpaired) electrons. The number of pyridine rings is 1. The minimum absolute atomic E-state index is 0.00100. The van der Waals surface area contributed by atoms with Gasteiger partial charge in [-0.2, -0.15) is 5.26 Å². The minimum atomic E-state index is -0.409. The number of hydrogen-bond acceptors (Lipinski definition) is 3. The van der Waals surface area contributed by atoms with Crippen LogP contribution in [0, 0.1) is 11.3 Å². The molecule has 0 bridgehead atoms. The van der Waals surface area contributed by atoms with Crippen LogP contribution in [0.2, 0.25) is 5.15 Å². The molecule has 0 aromatic carbocycles. The number of rotatable bonds is 4. The third-order valence-electron chi connectivity index (χ3n) is 2.02. The van der Waals surface area contributed by atoms with Crippen LogP contribution in [0.15, 0.2) is 22.2 Å². The molecule has 1 heterocycles. The molecule has 1 rings (SSSR count). The average molecular weight is 329 g/mol. The van der Waals surface area contributed by atoms with E-state index in [1.165, 1.54) is 6.08 Å². The van der Waals surface area contributed by atoms with Crippen molar-refractivity contribution in [1.29, 1.82) is 5.26 Å². The van der Waals surface area contributed by atoms with Gasteiger partial charge in [0.05, 0.1) is 5.69 Å². The Hall–Kier alpha value is -1.38. The highest BCUT2D eigenvalue weighted by Crippen LogP contribution is 2.20. The molecule has 0 saturated heterocycles. The van der Waals surface area contributed by atoms with E-state index in [1.807, 2.05) is 13.0 Å². The molecular weight excluding hydrogens is 318 g/mol. The summed E-state index contributed by atoms with van der Waals surface area (Å²) in [5, 5.41) is 11.9. The molecule has 6 heteroatoms. The number of nitriles is 1. The Bertz CT molecular complexity index is 523. The van der Waals surface area contributed by atoms with Crippen LogP contribution in [0.4, 0.5) is 0 Å². The SMILES string of the molecule is CCCNC(=O)/C(C#N)=C/c1nc(Cl)ccc1Br. The molecule has 0 saturated carbocycles. The lowest BCUT2D eigenvalue weighted by Crippen LogP contribution is -2.25. The summed E-state index contributed by atoms with van der Waals surface area (Å²) in [5.41, 5.74) is 0.449. The molecule has 0 aliphatic rings. The third kappa shape index (κ3) is 4.13. The van der Waals surface area contributed by atoms with E-state index in [0.29, 0.717) is 21.9 Å². The van der Waals surface area contributed by atoms with Crippen LogP contribution in [0.5, 0.6) is 0 Å². The number of carbonyl (C=O) groups is 1. The van der Waals surface area contributed by atoms with Gasteiger partial charge in [0.1, 0.15) is 16.8 Å². The number of halogens is 2. The van der Waals surface area contributed by atoms with Gasteiger partial charge in [-0.15, -0.1) is 0 Å². The molecule has 94 valence electrons. The Morgan fingerprint density at radius 2 is 2.39 bits per heavy atom. The van der Waals surface area contributed by atoms with Crippen molar-refractivity contribution in [2.75, 3.05) is 6.54 Å². The highest BCUT2D eigenvalue weighted by molar-refractivity contribution is 9.10. The first-order valence-electron chi connectivity index (χ1n) is 5.30. The van der Waals surface area contributed by atoms with Crippen molar-refractivity contribution in [2.24, 2.45) is 0 Å². The van der Waals surface area contributed by atoms with Crippen LogP contribution in [-0.4, -0.2) is 17.4 Å². The quantitative estimate of drug-likeness (QED) is 0.525. The maximum atomic E-state index is 11.7. The smallest absolute Gasteiger partial charge is 0.262 e. The van der Waals surface area contributed by atoms with Crippen molar-refractivity contribution >= 4 is 39.5 Å². The Morgan fingerprint density at radius 3 is 3.00 bits per heavy atom. The van der Waals surface area contributed by atoms with Crippen molar-refractivity contribution < 1.29 is 4.79 Å². The van der Waals surface area contributed by atoms with Gasteiger partial charge in [0.2, 0.25) is 0 Å². The second-order valence-corrected chi connectivity index (χ2v) is 4.67. The number of nitrogens with one attached hydrogen (secondary N) is 1. The standard InChI is InChI=1S/C12H11BrClN3O/c1-2-5-16-12(18)8(7-15)6-10-9(13)3-4-11(14)17-10/h3-4,6H,2,5H2,1H3,(H,16,18)/b8-6+. The van der Waals surface area contributed by atoms with E-state index in [-0.39, 0.29) is 5.57 Å². The topological polar surface area (TPSA) is 65.8 Å². The Labute approximate surface area is 119 Å². The molecule has 4 nitrogen and oxygen atoms in total. The molecule has 0 fully saturated rings. The summed E-state index contributed by atoms with van der Waals surface area (Å²) in [6.07, 6.45) is 2.21. The Kier molecular flexibility index (Phi) is 5.83. The van der Waals surface area contributed by atoms with Crippen LogP contribution in [0.3, 0.4) is 0 Å². The van der Waals surface area contributed by atoms with Gasteiger partial charge >= 0.3 is 0 Å². The molecule has 18 heavy (non-hydrogen) atoms. The summed E-state index contributed by atoms with van der Waals surface area (Å²) in [7, 11) is 0. The molecule has 1 aromatic rings. The number of nitrogens with zero attached hydrogens (tertiary/aromatic N) is 2. The van der Waals surface area contributed by atoms with Gasteiger partial charge < -0.3 is 5.32 Å². The number of amides is 1. The lowest BCUT2D eigenvalue weighted by atomic mass is 10.2. The van der Waals surface area contributed by atoms with Crippen LogP contribution < -0.4 is 5.32 Å². The molecular formula is C12H11BrClN3O. The van der Waals surface area contributed by atoms with E-state index in [1.54, 1.807) is 12.1 Å². The van der Waals surface area contributed by atoms with Crippen LogP contribution in [0.1, 0.15) is 19.0 Å². The van der Waals surface area contributed by atoms with Crippen molar-refractivity contribution in [2.45, 2.75) is 13.3 Å². The van der Waals surface area contributed by atoms with Crippen LogP contribution >= 0.6 is 27.5 Å². The number of carbonyl (C=O) groups excluding carboxylic acids is 1. The van der Waals surface area contributed by atoms with Crippen molar-refractivity contribution in [3.8, 4) is 6.07 Å². The van der Waals surface area contributed by atoms with E-state index in [2.05, 4.69) is 26.2 Å². The van der Waals surface area contributed by atoms with Gasteiger partial charge in [-0.3, -0.25) is 4.79 Å². The molecule has 0 unspecified atom stereocenters. The van der Waals surface area contributed by atoms with Gasteiger partial charge in [0.25, 0.3) is 5.91 Å². The Balaban J connectivity index is 3.01. The predicted octanol–water partition coefficient (Wildman–Crippen LogP) is 2.93. The molecule has 1 aromatic heterocycles. The fraction of sp³-hybridized carbons (Fsp3) is 0.250. The van der Waals surface area contributed by atoms with Gasteiger partial charge in [-0.05, 0) is 40.6 Å². The molecule has 0 spiro atoms. The normalized spacial score (nSPS) is 10.9. The maximum Gasteiger partial charge on any atom is 0.262 e. The second kappa shape index (κ2) is 7.14. The lowest BCUT2D eigenvalue weighted by molar-refractivity contribution is -0.117. The molecule has 0 aliphatic carbocycles. The summed E-state index contributed by atoms with van der Waals surface area (Å²) in [5.74, 6) is -0.409. The number of hydrogen-bond donors (Lipinski definition) is 1. The summed E-state index contributed by atoms with van der Waals surface area (Å²) in [6, 6.07) is 5.18. The maximum absolute atomic E-state index is 11.7. The fourth-order valence-electron chi connectivity index (χ4n) is 1.15.